The SMILES string of the molecule is O=C1CC[C@@H](/C=C/[C@@H](O)Cc2ccccc2)N1CCCCCCc1nn[nH]n1. The first-order chi connectivity index (χ1) is 13.7. The number of aromatic amines is 1. The van der Waals surface area contributed by atoms with Crippen molar-refractivity contribution in [1.29, 1.82) is 0 Å². The number of hydrogen-bond acceptors (Lipinski definition) is 5. The Morgan fingerprint density at radius 2 is 2.04 bits per heavy atom. The molecule has 0 saturated carbocycles. The third-order valence-corrected chi connectivity index (χ3v) is 5.16. The van der Waals surface area contributed by atoms with Gasteiger partial charge in [0.2, 0.25) is 5.91 Å². The monoisotopic (exact) mass is 383 g/mol. The summed E-state index contributed by atoms with van der Waals surface area (Å²) < 4.78 is 0. The van der Waals surface area contributed by atoms with E-state index in [9.17, 15) is 9.90 Å². The molecule has 1 aliphatic heterocycles. The van der Waals surface area contributed by atoms with E-state index >= 15 is 0 Å². The van der Waals surface area contributed by atoms with Gasteiger partial charge in [-0.1, -0.05) is 60.5 Å². The van der Waals surface area contributed by atoms with Gasteiger partial charge in [-0.2, -0.15) is 5.21 Å². The van der Waals surface area contributed by atoms with E-state index in [1.54, 1.807) is 0 Å². The fraction of sp³-hybridized carbons (Fsp3) is 0.524. The number of H-pyrrole nitrogens is 1. The van der Waals surface area contributed by atoms with Crippen LogP contribution < -0.4 is 0 Å². The average Bonchev–Trinajstić information content (AvgIpc) is 3.34. The van der Waals surface area contributed by atoms with Crippen LogP contribution in [0.5, 0.6) is 0 Å². The Bertz CT molecular complexity index is 733. The van der Waals surface area contributed by atoms with E-state index in [2.05, 4.69) is 20.6 Å². The van der Waals surface area contributed by atoms with Gasteiger partial charge in [-0.3, -0.25) is 4.79 Å². The molecule has 7 heteroatoms. The molecule has 150 valence electrons. The molecule has 3 rings (SSSR count). The van der Waals surface area contributed by atoms with Gasteiger partial charge in [-0.15, -0.1) is 10.2 Å². The first-order valence-electron chi connectivity index (χ1n) is 10.1. The molecule has 0 aliphatic carbocycles. The highest BCUT2D eigenvalue weighted by Gasteiger charge is 2.28. The van der Waals surface area contributed by atoms with Gasteiger partial charge >= 0.3 is 0 Å². The van der Waals surface area contributed by atoms with Crippen molar-refractivity contribution in [3.8, 4) is 0 Å². The predicted molar refractivity (Wildman–Crippen MR) is 106 cm³/mol. The summed E-state index contributed by atoms with van der Waals surface area (Å²) in [5.74, 6) is 0.980. The third-order valence-electron chi connectivity index (χ3n) is 5.16. The van der Waals surface area contributed by atoms with Gasteiger partial charge in [-0.25, -0.2) is 0 Å². The van der Waals surface area contributed by atoms with Crippen molar-refractivity contribution >= 4 is 5.91 Å². The molecule has 2 heterocycles. The smallest absolute Gasteiger partial charge is 0.223 e. The molecule has 2 N–H and O–H groups in total. The number of nitrogens with zero attached hydrogens (tertiary/aromatic N) is 4. The van der Waals surface area contributed by atoms with E-state index in [1.165, 1.54) is 0 Å². The van der Waals surface area contributed by atoms with E-state index in [0.29, 0.717) is 12.8 Å². The zero-order valence-corrected chi connectivity index (χ0v) is 16.2. The van der Waals surface area contributed by atoms with Gasteiger partial charge in [0.1, 0.15) is 0 Å². The van der Waals surface area contributed by atoms with E-state index in [-0.39, 0.29) is 11.9 Å². The number of benzene rings is 1. The summed E-state index contributed by atoms with van der Waals surface area (Å²) in [6.07, 6.45) is 10.4. The molecule has 2 aromatic rings. The van der Waals surface area contributed by atoms with Crippen LogP contribution in [0.2, 0.25) is 0 Å². The van der Waals surface area contributed by atoms with Crippen LogP contribution in [0.15, 0.2) is 42.5 Å². The van der Waals surface area contributed by atoms with Crippen LogP contribution in [0.1, 0.15) is 49.9 Å². The standard InChI is InChI=1S/C21H29N5O2/c27-19(16-17-8-4-3-5-9-17)13-11-18-12-14-21(28)26(18)15-7-2-1-6-10-20-22-24-25-23-20/h3-5,8-9,11,13,18-19,27H,1-2,6-7,10,12,14-16H2,(H,22,23,24,25)/b13-11+/t18-,19-/m1/s1. The third kappa shape index (κ3) is 6.27. The van der Waals surface area contributed by atoms with E-state index in [4.69, 9.17) is 0 Å². The number of carbonyl (C=O) groups is 1. The van der Waals surface area contributed by atoms with Crippen molar-refractivity contribution in [3.05, 3.63) is 53.9 Å². The van der Waals surface area contributed by atoms with Crippen molar-refractivity contribution in [2.75, 3.05) is 6.54 Å². The number of rotatable bonds is 11. The number of aryl methyl sites for hydroxylation is 1. The van der Waals surface area contributed by atoms with Gasteiger partial charge in [0.15, 0.2) is 5.82 Å². The molecule has 1 aromatic heterocycles. The summed E-state index contributed by atoms with van der Waals surface area (Å²) in [5, 5.41) is 24.2. The number of nitrogens with one attached hydrogen (secondary N) is 1. The maximum atomic E-state index is 12.2. The van der Waals surface area contributed by atoms with E-state index in [0.717, 1.165) is 56.5 Å². The topological polar surface area (TPSA) is 95.0 Å². The van der Waals surface area contributed by atoms with Crippen molar-refractivity contribution in [2.24, 2.45) is 0 Å². The molecule has 7 nitrogen and oxygen atoms in total. The summed E-state index contributed by atoms with van der Waals surface area (Å²) in [6.45, 7) is 0.783. The number of aliphatic hydroxyl groups is 1. The summed E-state index contributed by atoms with van der Waals surface area (Å²) >= 11 is 0. The second kappa shape index (κ2) is 10.7. The van der Waals surface area contributed by atoms with Gasteiger partial charge in [0, 0.05) is 25.8 Å². The molecule has 0 bridgehead atoms. The highest BCUT2D eigenvalue weighted by molar-refractivity contribution is 5.79. The second-order valence-corrected chi connectivity index (χ2v) is 7.33. The molecule has 2 atom stereocenters. The minimum Gasteiger partial charge on any atom is -0.389 e. The van der Waals surface area contributed by atoms with Crippen molar-refractivity contribution in [2.45, 2.75) is 63.5 Å². The van der Waals surface area contributed by atoms with Crippen LogP contribution in [0.25, 0.3) is 0 Å². The number of likely N-dealkylation sites (tertiary alicyclic amines) is 1. The Morgan fingerprint density at radius 3 is 2.82 bits per heavy atom. The molecule has 1 aliphatic rings. The first kappa shape index (κ1) is 20.2. The number of unbranched alkanes of at least 4 members (excludes halogenated alkanes) is 3. The predicted octanol–water partition coefficient (Wildman–Crippen LogP) is 2.45. The average molecular weight is 383 g/mol. The highest BCUT2D eigenvalue weighted by Crippen LogP contribution is 2.21. The summed E-state index contributed by atoms with van der Waals surface area (Å²) in [4.78, 5) is 14.2. The maximum absolute atomic E-state index is 12.2. The fourth-order valence-electron chi connectivity index (χ4n) is 3.63. The number of carbonyl (C=O) groups excluding carboxylic acids is 1. The highest BCUT2D eigenvalue weighted by atomic mass is 16.3. The lowest BCUT2D eigenvalue weighted by molar-refractivity contribution is -0.128. The second-order valence-electron chi connectivity index (χ2n) is 7.33. The number of hydrogen-bond donors (Lipinski definition) is 2. The Labute approximate surface area is 165 Å². The van der Waals surface area contributed by atoms with Crippen molar-refractivity contribution in [1.82, 2.24) is 25.5 Å². The van der Waals surface area contributed by atoms with Crippen molar-refractivity contribution in [3.63, 3.8) is 0 Å². The zero-order valence-electron chi connectivity index (χ0n) is 16.2. The maximum Gasteiger partial charge on any atom is 0.223 e. The molecular formula is C21H29N5O2. The van der Waals surface area contributed by atoms with Crippen LogP contribution >= 0.6 is 0 Å². The quantitative estimate of drug-likeness (QED) is 0.459. The first-order valence-corrected chi connectivity index (χ1v) is 10.1. The van der Waals surface area contributed by atoms with Crippen LogP contribution in [0, 0.1) is 0 Å². The Morgan fingerprint density at radius 1 is 1.21 bits per heavy atom. The van der Waals surface area contributed by atoms with Crippen LogP contribution in [0.3, 0.4) is 0 Å². The fourth-order valence-corrected chi connectivity index (χ4v) is 3.63. The normalized spacial score (nSPS) is 18.2. The molecule has 1 saturated heterocycles. The summed E-state index contributed by atoms with van der Waals surface area (Å²) in [7, 11) is 0. The number of aliphatic hydroxyl groups excluding tert-OH is 1. The van der Waals surface area contributed by atoms with Crippen LogP contribution in [-0.2, 0) is 17.6 Å². The Balaban J connectivity index is 1.37. The van der Waals surface area contributed by atoms with E-state index in [1.807, 2.05) is 47.4 Å². The van der Waals surface area contributed by atoms with Gasteiger partial charge in [-0.05, 0) is 24.8 Å². The number of aromatic nitrogens is 4. The van der Waals surface area contributed by atoms with Gasteiger partial charge < -0.3 is 10.0 Å². The molecule has 1 aromatic carbocycles. The molecule has 0 spiro atoms. The lowest BCUT2D eigenvalue weighted by atomic mass is 10.1. The molecule has 0 radical (unpaired) electrons. The lowest BCUT2D eigenvalue weighted by Gasteiger charge is -2.22. The molecule has 0 unspecified atom stereocenters. The minimum absolute atomic E-state index is 0.109. The zero-order chi connectivity index (χ0) is 19.6. The number of tetrazole rings is 1. The van der Waals surface area contributed by atoms with Crippen LogP contribution in [0.4, 0.5) is 0 Å². The Kier molecular flexibility index (Phi) is 7.72. The lowest BCUT2D eigenvalue weighted by Crippen LogP contribution is -2.32. The van der Waals surface area contributed by atoms with Crippen molar-refractivity contribution < 1.29 is 9.90 Å². The largest absolute Gasteiger partial charge is 0.389 e. The molecule has 1 amide bonds. The number of amides is 1. The van der Waals surface area contributed by atoms with Crippen LogP contribution in [-0.4, -0.2) is 55.2 Å². The Hall–Kier alpha value is -2.54. The van der Waals surface area contributed by atoms with E-state index < -0.39 is 6.10 Å². The minimum atomic E-state index is -0.523. The summed E-state index contributed by atoms with van der Waals surface area (Å²) in [5.41, 5.74) is 1.11. The molecular weight excluding hydrogens is 354 g/mol. The molecule has 28 heavy (non-hydrogen) atoms. The molecule has 1 fully saturated rings. The van der Waals surface area contributed by atoms with Gasteiger partial charge in [0.25, 0.3) is 0 Å². The van der Waals surface area contributed by atoms with Gasteiger partial charge in [0.05, 0.1) is 12.1 Å². The summed E-state index contributed by atoms with van der Waals surface area (Å²) in [6, 6.07) is 10.1.